The van der Waals surface area contributed by atoms with Gasteiger partial charge in [-0.2, -0.15) is 13.2 Å². The first kappa shape index (κ1) is 35.8. The number of nitrogens with one attached hydrogen (secondary N) is 1. The summed E-state index contributed by atoms with van der Waals surface area (Å²) in [5.74, 6) is -1.36. The molecule has 47 heavy (non-hydrogen) atoms. The minimum Gasteiger partial charge on any atom is -0.354 e. The van der Waals surface area contributed by atoms with E-state index >= 15 is 0 Å². The molecule has 4 rings (SSSR count). The quantitative estimate of drug-likeness (QED) is 0.157. The Balaban J connectivity index is 1.87. The average Bonchev–Trinajstić information content (AvgIpc) is 3.05. The van der Waals surface area contributed by atoms with Gasteiger partial charge in [0.1, 0.15) is 12.6 Å². The Labute approximate surface area is 282 Å². The van der Waals surface area contributed by atoms with E-state index in [0.717, 1.165) is 17.7 Å². The van der Waals surface area contributed by atoms with Gasteiger partial charge in [0, 0.05) is 24.5 Å². The molecular formula is C34H32Cl2F3N3O4S. The van der Waals surface area contributed by atoms with E-state index in [0.29, 0.717) is 33.9 Å². The fourth-order valence-corrected chi connectivity index (χ4v) is 6.75. The highest BCUT2D eigenvalue weighted by Crippen LogP contribution is 2.37. The van der Waals surface area contributed by atoms with E-state index in [-0.39, 0.29) is 22.9 Å². The Kier molecular flexibility index (Phi) is 11.9. The van der Waals surface area contributed by atoms with Crippen molar-refractivity contribution in [3.05, 3.63) is 130 Å². The number of hydrogen-bond acceptors (Lipinski definition) is 4. The van der Waals surface area contributed by atoms with Crippen molar-refractivity contribution in [3.63, 3.8) is 0 Å². The number of anilines is 1. The molecule has 4 aromatic rings. The van der Waals surface area contributed by atoms with Crippen molar-refractivity contribution in [2.24, 2.45) is 0 Å². The maximum absolute atomic E-state index is 14.5. The molecule has 13 heteroatoms. The van der Waals surface area contributed by atoms with Crippen molar-refractivity contribution in [1.82, 2.24) is 10.2 Å². The Morgan fingerprint density at radius 2 is 1.47 bits per heavy atom. The molecule has 0 fully saturated rings. The summed E-state index contributed by atoms with van der Waals surface area (Å²) in [6.07, 6.45) is -4.17. The van der Waals surface area contributed by atoms with Gasteiger partial charge < -0.3 is 10.2 Å². The molecule has 1 atom stereocenters. The fraction of sp³-hybridized carbons (Fsp3) is 0.235. The third-order valence-corrected chi connectivity index (χ3v) is 9.73. The van der Waals surface area contributed by atoms with Gasteiger partial charge in [0.15, 0.2) is 0 Å². The van der Waals surface area contributed by atoms with Crippen molar-refractivity contribution in [3.8, 4) is 0 Å². The Morgan fingerprint density at radius 1 is 0.851 bits per heavy atom. The van der Waals surface area contributed by atoms with Crippen LogP contribution in [0.3, 0.4) is 0 Å². The van der Waals surface area contributed by atoms with E-state index in [4.69, 9.17) is 23.2 Å². The smallest absolute Gasteiger partial charge is 0.354 e. The number of rotatable bonds is 13. The molecule has 0 aromatic heterocycles. The molecule has 0 spiro atoms. The summed E-state index contributed by atoms with van der Waals surface area (Å²) in [5.41, 5.74) is -0.521. The monoisotopic (exact) mass is 705 g/mol. The molecule has 0 aliphatic carbocycles. The SMILES string of the molecule is CCCNC(=O)[C@H](Cc1ccccc1)N(Cc1ccccc1Cl)C(=O)CN(c1cc(C(F)(F)F)ccc1Cl)S(=O)(=O)c1ccccc1. The molecule has 0 aliphatic rings. The summed E-state index contributed by atoms with van der Waals surface area (Å²) in [5, 5.41) is 2.79. The van der Waals surface area contributed by atoms with Gasteiger partial charge in [-0.15, -0.1) is 0 Å². The van der Waals surface area contributed by atoms with Gasteiger partial charge in [0.05, 0.1) is 21.2 Å². The minimum atomic E-state index is -4.83. The van der Waals surface area contributed by atoms with Crippen LogP contribution in [-0.4, -0.2) is 44.3 Å². The van der Waals surface area contributed by atoms with E-state index in [1.165, 1.54) is 29.2 Å². The van der Waals surface area contributed by atoms with Gasteiger partial charge in [-0.3, -0.25) is 13.9 Å². The zero-order valence-corrected chi connectivity index (χ0v) is 27.6. The molecular weight excluding hydrogens is 674 g/mol. The minimum absolute atomic E-state index is 0.0579. The van der Waals surface area contributed by atoms with Crippen molar-refractivity contribution in [1.29, 1.82) is 0 Å². The molecule has 4 aromatic carbocycles. The molecule has 248 valence electrons. The van der Waals surface area contributed by atoms with Crippen molar-refractivity contribution in [2.75, 3.05) is 17.4 Å². The number of amides is 2. The third kappa shape index (κ3) is 9.06. The third-order valence-electron chi connectivity index (χ3n) is 7.27. The summed E-state index contributed by atoms with van der Waals surface area (Å²) < 4.78 is 70.1. The first-order valence-corrected chi connectivity index (χ1v) is 16.8. The molecule has 0 aliphatic heterocycles. The molecule has 0 unspecified atom stereocenters. The Morgan fingerprint density at radius 3 is 2.09 bits per heavy atom. The van der Waals surface area contributed by atoms with Crippen LogP contribution in [-0.2, 0) is 38.8 Å². The molecule has 0 heterocycles. The van der Waals surface area contributed by atoms with Crippen molar-refractivity contribution in [2.45, 2.75) is 43.4 Å². The molecule has 2 amide bonds. The van der Waals surface area contributed by atoms with Gasteiger partial charge in [0.2, 0.25) is 11.8 Å². The molecule has 0 radical (unpaired) electrons. The van der Waals surface area contributed by atoms with Gasteiger partial charge in [-0.1, -0.05) is 96.9 Å². The number of alkyl halides is 3. The number of benzene rings is 4. The second-order valence-electron chi connectivity index (χ2n) is 10.6. The molecule has 7 nitrogen and oxygen atoms in total. The molecule has 0 saturated heterocycles. The highest BCUT2D eigenvalue weighted by molar-refractivity contribution is 7.92. The van der Waals surface area contributed by atoms with E-state index < -0.39 is 51.9 Å². The first-order chi connectivity index (χ1) is 22.3. The van der Waals surface area contributed by atoms with Crippen LogP contribution in [0.15, 0.2) is 108 Å². The second kappa shape index (κ2) is 15.7. The second-order valence-corrected chi connectivity index (χ2v) is 13.3. The van der Waals surface area contributed by atoms with E-state index in [2.05, 4.69) is 5.32 Å². The Hall–Kier alpha value is -4.06. The van der Waals surface area contributed by atoms with Crippen LogP contribution in [0.25, 0.3) is 0 Å². The van der Waals surface area contributed by atoms with Crippen LogP contribution in [0.5, 0.6) is 0 Å². The Bertz CT molecular complexity index is 1790. The fourth-order valence-electron chi connectivity index (χ4n) is 4.84. The first-order valence-electron chi connectivity index (χ1n) is 14.6. The van der Waals surface area contributed by atoms with Gasteiger partial charge >= 0.3 is 6.18 Å². The average molecular weight is 707 g/mol. The number of halogens is 5. The maximum Gasteiger partial charge on any atom is 0.416 e. The number of carbonyl (C=O) groups excluding carboxylic acids is 2. The standard InChI is InChI=1S/C34H32Cl2F3N3O4S/c1-2-19-40-33(44)31(20-24-11-5-3-6-12-24)41(22-25-13-9-10-16-28(25)35)32(43)23-42(47(45,46)27-14-7-4-8-15-27)30-21-26(34(37,38)39)17-18-29(30)36/h3-18,21,31H,2,19-20,22-23H2,1H3,(H,40,44)/t31-/m0/s1. The van der Waals surface area contributed by atoms with E-state index in [1.54, 1.807) is 60.7 Å². The van der Waals surface area contributed by atoms with Crippen LogP contribution in [0.4, 0.5) is 18.9 Å². The van der Waals surface area contributed by atoms with Crippen LogP contribution in [0, 0.1) is 0 Å². The topological polar surface area (TPSA) is 86.8 Å². The summed E-state index contributed by atoms with van der Waals surface area (Å²) >= 11 is 12.8. The number of sulfonamides is 1. The lowest BCUT2D eigenvalue weighted by Crippen LogP contribution is -2.53. The highest BCUT2D eigenvalue weighted by Gasteiger charge is 2.37. The molecule has 0 bridgehead atoms. The number of hydrogen-bond donors (Lipinski definition) is 1. The van der Waals surface area contributed by atoms with E-state index in [9.17, 15) is 31.2 Å². The largest absolute Gasteiger partial charge is 0.416 e. The van der Waals surface area contributed by atoms with Gasteiger partial charge in [-0.25, -0.2) is 8.42 Å². The lowest BCUT2D eigenvalue weighted by molar-refractivity contribution is -0.140. The summed E-state index contributed by atoms with van der Waals surface area (Å²) in [7, 11) is -4.66. The number of carbonyl (C=O) groups is 2. The van der Waals surface area contributed by atoms with Crippen LogP contribution in [0.2, 0.25) is 10.0 Å². The lowest BCUT2D eigenvalue weighted by Gasteiger charge is -2.34. The van der Waals surface area contributed by atoms with Gasteiger partial charge in [-0.05, 0) is 53.9 Å². The summed E-state index contributed by atoms with van der Waals surface area (Å²) in [6, 6.07) is 23.6. The zero-order chi connectivity index (χ0) is 34.2. The maximum atomic E-state index is 14.5. The highest BCUT2D eigenvalue weighted by atomic mass is 35.5. The lowest BCUT2D eigenvalue weighted by atomic mass is 10.0. The molecule has 1 N–H and O–H groups in total. The van der Waals surface area contributed by atoms with Crippen LogP contribution < -0.4 is 9.62 Å². The van der Waals surface area contributed by atoms with Crippen LogP contribution >= 0.6 is 23.2 Å². The summed E-state index contributed by atoms with van der Waals surface area (Å²) in [6.45, 7) is 0.997. The predicted molar refractivity (Wildman–Crippen MR) is 177 cm³/mol. The van der Waals surface area contributed by atoms with Crippen molar-refractivity contribution >= 4 is 50.7 Å². The summed E-state index contributed by atoms with van der Waals surface area (Å²) in [4.78, 5) is 29.1. The van der Waals surface area contributed by atoms with Crippen molar-refractivity contribution < 1.29 is 31.2 Å². The number of nitrogens with zero attached hydrogens (tertiary/aromatic N) is 2. The predicted octanol–water partition coefficient (Wildman–Crippen LogP) is 7.37. The van der Waals surface area contributed by atoms with Gasteiger partial charge in [0.25, 0.3) is 10.0 Å². The molecule has 0 saturated carbocycles. The zero-order valence-electron chi connectivity index (χ0n) is 25.3. The van der Waals surface area contributed by atoms with E-state index in [1.807, 2.05) is 6.92 Å². The normalized spacial score (nSPS) is 12.3. The van der Waals surface area contributed by atoms with Crippen LogP contribution in [0.1, 0.15) is 30.0 Å².